The molecule has 22 heavy (non-hydrogen) atoms. The third-order valence-electron chi connectivity index (χ3n) is 5.11. The van der Waals surface area contributed by atoms with Gasteiger partial charge in [-0.3, -0.25) is 9.80 Å². The van der Waals surface area contributed by atoms with E-state index in [-0.39, 0.29) is 5.54 Å². The zero-order valence-corrected chi connectivity index (χ0v) is 14.4. The Hall–Kier alpha value is -1.10. The predicted octanol–water partition coefficient (Wildman–Crippen LogP) is 1.91. The van der Waals surface area contributed by atoms with Crippen molar-refractivity contribution in [3.63, 3.8) is 0 Å². The summed E-state index contributed by atoms with van der Waals surface area (Å²) in [6.07, 6.45) is 0. The van der Waals surface area contributed by atoms with Crippen molar-refractivity contribution < 1.29 is 4.74 Å². The van der Waals surface area contributed by atoms with Crippen LogP contribution < -0.4 is 4.74 Å². The predicted molar refractivity (Wildman–Crippen MR) is 90.3 cm³/mol. The first kappa shape index (κ1) is 15.8. The Kier molecular flexibility index (Phi) is 4.44. The SMILES string of the molecule is COc1ccc(CN2C[C@@H]3CN(C)CCN3C(C)(C)C2)cc1. The minimum absolute atomic E-state index is 0.261. The van der Waals surface area contributed by atoms with Crippen LogP contribution in [0.25, 0.3) is 0 Å². The molecule has 0 saturated carbocycles. The standard InChI is InChI=1S/C18H29N3O/c1-18(2)14-20(11-15-5-7-17(22-4)8-6-15)13-16-12-19(3)9-10-21(16)18/h5-8,16H,9-14H2,1-4H3/t16-/m0/s1. The van der Waals surface area contributed by atoms with Crippen molar-refractivity contribution in [2.75, 3.05) is 46.9 Å². The Morgan fingerprint density at radius 3 is 2.55 bits per heavy atom. The number of benzene rings is 1. The molecule has 0 aliphatic carbocycles. The molecule has 3 rings (SSSR count). The van der Waals surface area contributed by atoms with E-state index in [1.165, 1.54) is 31.7 Å². The van der Waals surface area contributed by atoms with Gasteiger partial charge in [0, 0.05) is 50.8 Å². The first-order valence-electron chi connectivity index (χ1n) is 8.28. The van der Waals surface area contributed by atoms with Crippen LogP contribution in [0, 0.1) is 0 Å². The molecule has 4 nitrogen and oxygen atoms in total. The first-order valence-corrected chi connectivity index (χ1v) is 8.28. The highest BCUT2D eigenvalue weighted by molar-refractivity contribution is 5.27. The van der Waals surface area contributed by atoms with Crippen LogP contribution in [0.5, 0.6) is 5.75 Å². The maximum atomic E-state index is 5.25. The molecule has 0 N–H and O–H groups in total. The number of rotatable bonds is 3. The Bertz CT molecular complexity index is 500. The van der Waals surface area contributed by atoms with Crippen LogP contribution in [-0.4, -0.2) is 73.2 Å². The lowest BCUT2D eigenvalue weighted by Crippen LogP contribution is -2.69. The van der Waals surface area contributed by atoms with Gasteiger partial charge in [0.05, 0.1) is 7.11 Å². The maximum Gasteiger partial charge on any atom is 0.118 e. The van der Waals surface area contributed by atoms with E-state index in [1.807, 2.05) is 0 Å². The van der Waals surface area contributed by atoms with Crippen LogP contribution in [0.15, 0.2) is 24.3 Å². The average Bonchev–Trinajstić information content (AvgIpc) is 2.46. The van der Waals surface area contributed by atoms with Crippen LogP contribution in [-0.2, 0) is 6.54 Å². The summed E-state index contributed by atoms with van der Waals surface area (Å²) in [5, 5.41) is 0. The van der Waals surface area contributed by atoms with E-state index in [9.17, 15) is 0 Å². The largest absolute Gasteiger partial charge is 0.497 e. The van der Waals surface area contributed by atoms with Crippen LogP contribution in [0.4, 0.5) is 0 Å². The molecule has 0 spiro atoms. The molecule has 2 aliphatic heterocycles. The van der Waals surface area contributed by atoms with Crippen molar-refractivity contribution in [2.24, 2.45) is 0 Å². The summed E-state index contributed by atoms with van der Waals surface area (Å²) in [6, 6.07) is 9.15. The summed E-state index contributed by atoms with van der Waals surface area (Å²) >= 11 is 0. The summed E-state index contributed by atoms with van der Waals surface area (Å²) in [6.45, 7) is 11.7. The van der Waals surface area contributed by atoms with E-state index in [2.05, 4.69) is 59.9 Å². The number of methoxy groups -OCH3 is 1. The fourth-order valence-electron chi connectivity index (χ4n) is 4.07. The zero-order chi connectivity index (χ0) is 15.7. The van der Waals surface area contributed by atoms with Gasteiger partial charge in [-0.2, -0.15) is 0 Å². The van der Waals surface area contributed by atoms with Crippen molar-refractivity contribution in [3.05, 3.63) is 29.8 Å². The topological polar surface area (TPSA) is 19.0 Å². The Morgan fingerprint density at radius 1 is 1.14 bits per heavy atom. The zero-order valence-electron chi connectivity index (χ0n) is 14.4. The number of hydrogen-bond donors (Lipinski definition) is 0. The van der Waals surface area contributed by atoms with E-state index < -0.39 is 0 Å². The van der Waals surface area contributed by atoms with Gasteiger partial charge in [0.25, 0.3) is 0 Å². The van der Waals surface area contributed by atoms with Gasteiger partial charge in [0.2, 0.25) is 0 Å². The molecule has 0 unspecified atom stereocenters. The summed E-state index contributed by atoms with van der Waals surface area (Å²) in [5.74, 6) is 0.933. The van der Waals surface area contributed by atoms with Crippen molar-refractivity contribution in [1.82, 2.24) is 14.7 Å². The molecule has 0 radical (unpaired) electrons. The average molecular weight is 303 g/mol. The smallest absolute Gasteiger partial charge is 0.118 e. The van der Waals surface area contributed by atoms with Gasteiger partial charge < -0.3 is 9.64 Å². The summed E-state index contributed by atoms with van der Waals surface area (Å²) in [5.41, 5.74) is 1.63. The lowest BCUT2D eigenvalue weighted by molar-refractivity contribution is -0.0623. The molecule has 1 aromatic carbocycles. The number of nitrogens with zero attached hydrogens (tertiary/aromatic N) is 3. The summed E-state index contributed by atoms with van der Waals surface area (Å²) < 4.78 is 5.25. The molecule has 2 fully saturated rings. The van der Waals surface area contributed by atoms with Gasteiger partial charge in [-0.1, -0.05) is 12.1 Å². The van der Waals surface area contributed by atoms with Gasteiger partial charge in [-0.25, -0.2) is 0 Å². The molecular formula is C18H29N3O. The number of hydrogen-bond acceptors (Lipinski definition) is 4. The molecule has 2 saturated heterocycles. The third-order valence-corrected chi connectivity index (χ3v) is 5.11. The number of piperazine rings is 2. The molecule has 2 heterocycles. The molecule has 1 aromatic rings. The lowest BCUT2D eigenvalue weighted by atomic mass is 9.92. The fraction of sp³-hybridized carbons (Fsp3) is 0.667. The first-order chi connectivity index (χ1) is 10.5. The van der Waals surface area contributed by atoms with E-state index in [0.717, 1.165) is 18.8 Å². The Labute approximate surface area is 134 Å². The fourth-order valence-corrected chi connectivity index (χ4v) is 4.07. The molecule has 0 aromatic heterocycles. The quantitative estimate of drug-likeness (QED) is 0.849. The van der Waals surface area contributed by atoms with Gasteiger partial charge >= 0.3 is 0 Å². The Morgan fingerprint density at radius 2 is 1.86 bits per heavy atom. The summed E-state index contributed by atoms with van der Waals surface area (Å²) in [7, 11) is 3.96. The van der Waals surface area contributed by atoms with Crippen molar-refractivity contribution in [2.45, 2.75) is 32.0 Å². The van der Waals surface area contributed by atoms with Crippen LogP contribution in [0.1, 0.15) is 19.4 Å². The van der Waals surface area contributed by atoms with E-state index in [1.54, 1.807) is 7.11 Å². The third kappa shape index (κ3) is 3.29. The van der Waals surface area contributed by atoms with E-state index in [0.29, 0.717) is 6.04 Å². The lowest BCUT2D eigenvalue weighted by Gasteiger charge is -2.55. The molecular weight excluding hydrogens is 274 g/mol. The second-order valence-electron chi connectivity index (χ2n) is 7.44. The minimum Gasteiger partial charge on any atom is -0.497 e. The second-order valence-corrected chi connectivity index (χ2v) is 7.44. The summed E-state index contributed by atoms with van der Waals surface area (Å²) in [4.78, 5) is 7.80. The molecule has 122 valence electrons. The molecule has 0 amide bonds. The van der Waals surface area contributed by atoms with Crippen LogP contribution in [0.2, 0.25) is 0 Å². The normalized spacial score (nSPS) is 26.6. The number of ether oxygens (including phenoxy) is 1. The highest BCUT2D eigenvalue weighted by Gasteiger charge is 2.41. The highest BCUT2D eigenvalue weighted by atomic mass is 16.5. The van der Waals surface area contributed by atoms with Crippen molar-refractivity contribution >= 4 is 0 Å². The van der Waals surface area contributed by atoms with Crippen LogP contribution in [0.3, 0.4) is 0 Å². The van der Waals surface area contributed by atoms with Crippen molar-refractivity contribution in [3.8, 4) is 5.75 Å². The van der Waals surface area contributed by atoms with E-state index >= 15 is 0 Å². The van der Waals surface area contributed by atoms with Crippen molar-refractivity contribution in [1.29, 1.82) is 0 Å². The Balaban J connectivity index is 1.69. The molecule has 1 atom stereocenters. The second kappa shape index (κ2) is 6.19. The highest BCUT2D eigenvalue weighted by Crippen LogP contribution is 2.28. The van der Waals surface area contributed by atoms with Gasteiger partial charge in [-0.15, -0.1) is 0 Å². The van der Waals surface area contributed by atoms with Gasteiger partial charge in [0.15, 0.2) is 0 Å². The minimum atomic E-state index is 0.261. The maximum absolute atomic E-state index is 5.25. The molecule has 2 aliphatic rings. The number of fused-ring (bicyclic) bond motifs is 1. The van der Waals surface area contributed by atoms with Gasteiger partial charge in [0.1, 0.15) is 5.75 Å². The van der Waals surface area contributed by atoms with Gasteiger partial charge in [-0.05, 0) is 38.6 Å². The molecule has 0 bridgehead atoms. The van der Waals surface area contributed by atoms with Crippen LogP contribution >= 0.6 is 0 Å². The van der Waals surface area contributed by atoms with E-state index in [4.69, 9.17) is 4.74 Å². The monoisotopic (exact) mass is 303 g/mol. The molecule has 4 heteroatoms. The number of likely N-dealkylation sites (N-methyl/N-ethyl adjacent to an activating group) is 1.